The first-order chi connectivity index (χ1) is 17.5. The number of hydrogen-bond acceptors (Lipinski definition) is 8. The largest absolute Gasteiger partial charge is 0.461 e. The summed E-state index contributed by atoms with van der Waals surface area (Å²) in [6.07, 6.45) is -4.12. The van der Waals surface area contributed by atoms with E-state index in [1.807, 2.05) is 4.90 Å². The minimum Gasteiger partial charge on any atom is -0.428 e. The molecule has 0 radical (unpaired) electrons. The molecule has 1 N–H and O–H groups in total. The zero-order valence-electron chi connectivity index (χ0n) is 19.7. The van der Waals surface area contributed by atoms with E-state index < -0.39 is 40.1 Å². The molecule has 10 nitrogen and oxygen atoms in total. The molecule has 1 amide bonds. The molecule has 2 aromatic rings. The van der Waals surface area contributed by atoms with Gasteiger partial charge in [-0.15, -0.1) is 0 Å². The molecule has 1 aliphatic rings. The fraction of sp³-hybridized carbons (Fsp3) is 0.500. The first-order valence-corrected chi connectivity index (χ1v) is 13.0. The van der Waals surface area contributed by atoms with Crippen LogP contribution < -0.4 is 9.64 Å². The lowest BCUT2D eigenvalue weighted by Crippen LogP contribution is -2.51. The van der Waals surface area contributed by atoms with Crippen LogP contribution in [-0.4, -0.2) is 89.9 Å². The quantitative estimate of drug-likeness (QED) is 0.175. The number of hydrogen-bond donors (Lipinski definition) is 1. The summed E-state index contributed by atoms with van der Waals surface area (Å²) in [5, 5.41) is 10.3. The molecule has 1 saturated heterocycles. The molecule has 37 heavy (non-hydrogen) atoms. The minimum atomic E-state index is -4.61. The SMILES string of the molecule is O=CN(O)[C@@H](CCCc1ncccn1)CS(=O)(=O)N1CCN(c2ccc(OC(F)(F)C(F)F)cc2)CC1. The van der Waals surface area contributed by atoms with Crippen molar-refractivity contribution in [3.63, 3.8) is 0 Å². The Morgan fingerprint density at radius 1 is 1.11 bits per heavy atom. The van der Waals surface area contributed by atoms with Gasteiger partial charge in [0.15, 0.2) is 0 Å². The van der Waals surface area contributed by atoms with E-state index in [2.05, 4.69) is 14.7 Å². The predicted molar refractivity (Wildman–Crippen MR) is 124 cm³/mol. The summed E-state index contributed by atoms with van der Waals surface area (Å²) < 4.78 is 82.0. The molecule has 204 valence electrons. The van der Waals surface area contributed by atoms with E-state index in [1.54, 1.807) is 18.5 Å². The Labute approximate surface area is 211 Å². The average Bonchev–Trinajstić information content (AvgIpc) is 2.88. The van der Waals surface area contributed by atoms with Crippen molar-refractivity contribution in [1.82, 2.24) is 19.3 Å². The van der Waals surface area contributed by atoms with Crippen molar-refractivity contribution in [3.8, 4) is 5.75 Å². The number of ether oxygens (including phenoxy) is 1. The van der Waals surface area contributed by atoms with Crippen molar-refractivity contribution in [2.24, 2.45) is 0 Å². The van der Waals surface area contributed by atoms with Gasteiger partial charge < -0.3 is 9.64 Å². The van der Waals surface area contributed by atoms with Gasteiger partial charge in [-0.25, -0.2) is 23.4 Å². The summed E-state index contributed by atoms with van der Waals surface area (Å²) >= 11 is 0. The van der Waals surface area contributed by atoms with Gasteiger partial charge in [0, 0.05) is 50.7 Å². The van der Waals surface area contributed by atoms with Crippen LogP contribution in [0.4, 0.5) is 23.2 Å². The van der Waals surface area contributed by atoms with Crippen LogP contribution in [0.15, 0.2) is 42.7 Å². The number of carbonyl (C=O) groups is 1. The molecule has 3 rings (SSSR count). The second-order valence-electron chi connectivity index (χ2n) is 8.32. The third-order valence-corrected chi connectivity index (χ3v) is 7.74. The van der Waals surface area contributed by atoms with E-state index in [1.165, 1.54) is 16.4 Å². The molecular formula is C22H27F4N5O5S. The van der Waals surface area contributed by atoms with Crippen molar-refractivity contribution in [2.75, 3.05) is 36.8 Å². The van der Waals surface area contributed by atoms with E-state index in [-0.39, 0.29) is 39.0 Å². The third-order valence-electron chi connectivity index (χ3n) is 5.78. The number of aryl methyl sites for hydroxylation is 1. The zero-order valence-corrected chi connectivity index (χ0v) is 20.5. The smallest absolute Gasteiger partial charge is 0.428 e. The number of benzene rings is 1. The Kier molecular flexibility index (Phi) is 9.62. The number of aromatic nitrogens is 2. The Balaban J connectivity index is 1.54. The number of nitrogens with zero attached hydrogens (tertiary/aromatic N) is 5. The number of piperazine rings is 1. The minimum absolute atomic E-state index is 0.112. The fourth-order valence-corrected chi connectivity index (χ4v) is 5.57. The zero-order chi connectivity index (χ0) is 27.1. The van der Waals surface area contributed by atoms with Gasteiger partial charge in [-0.2, -0.15) is 21.9 Å². The topological polar surface area (TPSA) is 116 Å². The van der Waals surface area contributed by atoms with Crippen LogP contribution in [0.25, 0.3) is 0 Å². The van der Waals surface area contributed by atoms with Gasteiger partial charge in [0.2, 0.25) is 16.4 Å². The van der Waals surface area contributed by atoms with Gasteiger partial charge in [0.1, 0.15) is 11.6 Å². The molecule has 1 aliphatic heterocycles. The Hall–Kier alpha value is -3.04. The van der Waals surface area contributed by atoms with Crippen molar-refractivity contribution in [2.45, 2.75) is 37.8 Å². The van der Waals surface area contributed by atoms with Crippen molar-refractivity contribution in [1.29, 1.82) is 0 Å². The second kappa shape index (κ2) is 12.5. The Morgan fingerprint density at radius 3 is 2.30 bits per heavy atom. The summed E-state index contributed by atoms with van der Waals surface area (Å²) in [6, 6.07) is 5.82. The summed E-state index contributed by atoms with van der Waals surface area (Å²) in [5.41, 5.74) is 0.577. The molecule has 2 heterocycles. The summed E-state index contributed by atoms with van der Waals surface area (Å²) in [6.45, 7) is 0.778. The Bertz CT molecular complexity index is 1100. The molecule has 0 spiro atoms. The van der Waals surface area contributed by atoms with E-state index in [0.717, 1.165) is 12.1 Å². The lowest BCUT2D eigenvalue weighted by Gasteiger charge is -2.36. The van der Waals surface area contributed by atoms with E-state index in [4.69, 9.17) is 0 Å². The van der Waals surface area contributed by atoms with Gasteiger partial charge >= 0.3 is 12.5 Å². The highest BCUT2D eigenvalue weighted by atomic mass is 32.2. The van der Waals surface area contributed by atoms with Gasteiger partial charge in [-0.3, -0.25) is 10.0 Å². The first-order valence-electron chi connectivity index (χ1n) is 11.4. The molecule has 0 bridgehead atoms. The normalized spacial score (nSPS) is 16.0. The predicted octanol–water partition coefficient (Wildman–Crippen LogP) is 2.40. The van der Waals surface area contributed by atoms with Crippen LogP contribution in [-0.2, 0) is 21.2 Å². The number of rotatable bonds is 13. The van der Waals surface area contributed by atoms with Gasteiger partial charge in [0.25, 0.3) is 0 Å². The van der Waals surface area contributed by atoms with Crippen LogP contribution in [0.1, 0.15) is 18.7 Å². The Morgan fingerprint density at radius 2 is 1.73 bits per heavy atom. The highest BCUT2D eigenvalue weighted by molar-refractivity contribution is 7.89. The highest BCUT2D eigenvalue weighted by Gasteiger charge is 2.44. The van der Waals surface area contributed by atoms with E-state index in [9.17, 15) is 36.0 Å². The fourth-order valence-electron chi connectivity index (χ4n) is 3.83. The summed E-state index contributed by atoms with van der Waals surface area (Å²) in [4.78, 5) is 21.1. The highest BCUT2D eigenvalue weighted by Crippen LogP contribution is 2.29. The number of amides is 1. The molecular weight excluding hydrogens is 522 g/mol. The van der Waals surface area contributed by atoms with Crippen LogP contribution in [0.5, 0.6) is 5.75 Å². The number of anilines is 1. The molecule has 1 aromatic heterocycles. The summed E-state index contributed by atoms with van der Waals surface area (Å²) in [7, 11) is -3.83. The van der Waals surface area contributed by atoms with Crippen LogP contribution in [0.3, 0.4) is 0 Å². The number of halogens is 4. The van der Waals surface area contributed by atoms with E-state index in [0.29, 0.717) is 29.4 Å². The second-order valence-corrected chi connectivity index (χ2v) is 10.3. The maximum absolute atomic E-state index is 13.1. The maximum atomic E-state index is 13.1. The van der Waals surface area contributed by atoms with Crippen LogP contribution >= 0.6 is 0 Å². The van der Waals surface area contributed by atoms with Gasteiger partial charge in [-0.05, 0) is 43.2 Å². The molecule has 0 aliphatic carbocycles. The van der Waals surface area contributed by atoms with Crippen LogP contribution in [0.2, 0.25) is 0 Å². The lowest BCUT2D eigenvalue weighted by atomic mass is 10.1. The number of alkyl halides is 4. The van der Waals surface area contributed by atoms with E-state index >= 15 is 0 Å². The molecule has 0 unspecified atom stereocenters. The van der Waals surface area contributed by atoms with Crippen molar-refractivity contribution < 1.29 is 40.7 Å². The standard InChI is InChI=1S/C22H27F4N5O5S/c23-21(24)22(25,26)36-19-7-5-17(6-8-19)29-11-13-30(14-12-29)37(34,35)15-18(31(33)16-32)3-1-4-20-27-9-2-10-28-20/h2,5-10,16,18,21,33H,1,3-4,11-15H2/t18-/m0/s1. The third kappa shape index (κ3) is 7.97. The first kappa shape index (κ1) is 28.5. The molecule has 15 heteroatoms. The van der Waals surface area contributed by atoms with Gasteiger partial charge in [0.05, 0.1) is 11.8 Å². The number of sulfonamides is 1. The molecule has 1 atom stereocenters. The van der Waals surface area contributed by atoms with Crippen molar-refractivity contribution in [3.05, 3.63) is 48.5 Å². The monoisotopic (exact) mass is 549 g/mol. The summed E-state index contributed by atoms with van der Waals surface area (Å²) in [5.74, 6) is -0.329. The van der Waals surface area contributed by atoms with Gasteiger partial charge in [-0.1, -0.05) is 0 Å². The molecule has 0 saturated carbocycles. The lowest BCUT2D eigenvalue weighted by molar-refractivity contribution is -0.253. The maximum Gasteiger partial charge on any atom is 0.461 e. The number of hydroxylamine groups is 2. The molecule has 1 aromatic carbocycles. The number of carbonyl (C=O) groups excluding carboxylic acids is 1. The average molecular weight is 550 g/mol. The molecule has 1 fully saturated rings. The van der Waals surface area contributed by atoms with Crippen molar-refractivity contribution >= 4 is 22.1 Å². The van der Waals surface area contributed by atoms with Crippen LogP contribution in [0, 0.1) is 0 Å².